The first kappa shape index (κ1) is 19.4. The van der Waals surface area contributed by atoms with Crippen LogP contribution in [0.4, 0.5) is 24.7 Å². The SMILES string of the molecule is Cc1cccc(CNc2ccc(C(=O)Nc3ccc(C(F)(F)F)cc3)cn2)c1. The summed E-state index contributed by atoms with van der Waals surface area (Å²) in [5, 5.41) is 5.73. The van der Waals surface area contributed by atoms with E-state index in [2.05, 4.69) is 21.7 Å². The van der Waals surface area contributed by atoms with Gasteiger partial charge in [-0.25, -0.2) is 4.98 Å². The molecule has 7 heteroatoms. The standard InChI is InChI=1S/C21H18F3N3O/c1-14-3-2-4-15(11-14)12-25-19-10-5-16(13-26-19)20(28)27-18-8-6-17(7-9-18)21(22,23)24/h2-11,13H,12H2,1H3,(H,25,26)(H,27,28). The summed E-state index contributed by atoms with van der Waals surface area (Å²) in [5.74, 6) is 0.171. The van der Waals surface area contributed by atoms with Gasteiger partial charge in [-0.3, -0.25) is 4.79 Å². The first-order valence-electron chi connectivity index (χ1n) is 8.55. The highest BCUT2D eigenvalue weighted by Gasteiger charge is 2.30. The molecular formula is C21H18F3N3O. The third kappa shape index (κ3) is 5.09. The number of aromatic nitrogens is 1. The van der Waals surface area contributed by atoms with E-state index in [1.54, 1.807) is 12.1 Å². The number of amides is 1. The molecule has 3 rings (SSSR count). The zero-order valence-corrected chi connectivity index (χ0v) is 15.0. The van der Waals surface area contributed by atoms with Crippen LogP contribution in [0.1, 0.15) is 27.0 Å². The number of anilines is 2. The van der Waals surface area contributed by atoms with E-state index in [4.69, 9.17) is 0 Å². The number of nitrogens with one attached hydrogen (secondary N) is 2. The molecule has 0 saturated carbocycles. The van der Waals surface area contributed by atoms with Gasteiger partial charge in [0.05, 0.1) is 11.1 Å². The van der Waals surface area contributed by atoms with Crippen molar-refractivity contribution in [2.24, 2.45) is 0 Å². The van der Waals surface area contributed by atoms with Crippen molar-refractivity contribution >= 4 is 17.4 Å². The Labute approximate surface area is 160 Å². The van der Waals surface area contributed by atoms with Crippen LogP contribution in [0.25, 0.3) is 0 Å². The highest BCUT2D eigenvalue weighted by Crippen LogP contribution is 2.29. The zero-order valence-electron chi connectivity index (χ0n) is 15.0. The van der Waals surface area contributed by atoms with E-state index in [0.717, 1.165) is 17.7 Å². The number of aryl methyl sites for hydroxylation is 1. The second-order valence-corrected chi connectivity index (χ2v) is 6.30. The lowest BCUT2D eigenvalue weighted by Crippen LogP contribution is -2.13. The van der Waals surface area contributed by atoms with Gasteiger partial charge in [-0.1, -0.05) is 29.8 Å². The lowest BCUT2D eigenvalue weighted by molar-refractivity contribution is -0.137. The van der Waals surface area contributed by atoms with Gasteiger partial charge >= 0.3 is 6.18 Å². The maximum absolute atomic E-state index is 12.6. The average Bonchev–Trinajstić information content (AvgIpc) is 2.66. The number of benzene rings is 2. The Hall–Kier alpha value is -3.35. The topological polar surface area (TPSA) is 54.0 Å². The van der Waals surface area contributed by atoms with E-state index in [1.165, 1.54) is 23.9 Å². The molecule has 0 aliphatic heterocycles. The molecule has 0 fully saturated rings. The quantitative estimate of drug-likeness (QED) is 0.629. The van der Waals surface area contributed by atoms with Crippen LogP contribution in [0.3, 0.4) is 0 Å². The Bertz CT molecular complexity index is 952. The van der Waals surface area contributed by atoms with Crippen molar-refractivity contribution in [1.29, 1.82) is 0 Å². The van der Waals surface area contributed by atoms with Gasteiger partial charge < -0.3 is 10.6 Å². The molecule has 0 aliphatic carbocycles. The molecular weight excluding hydrogens is 367 g/mol. The van der Waals surface area contributed by atoms with Gasteiger partial charge in [0, 0.05) is 18.4 Å². The molecule has 2 N–H and O–H groups in total. The van der Waals surface area contributed by atoms with E-state index in [-0.39, 0.29) is 5.69 Å². The van der Waals surface area contributed by atoms with Crippen LogP contribution < -0.4 is 10.6 Å². The molecule has 0 atom stereocenters. The monoisotopic (exact) mass is 385 g/mol. The van der Waals surface area contributed by atoms with Gasteiger partial charge in [0.15, 0.2) is 0 Å². The van der Waals surface area contributed by atoms with E-state index in [1.807, 2.05) is 25.1 Å². The van der Waals surface area contributed by atoms with Crippen LogP contribution >= 0.6 is 0 Å². The molecule has 0 aliphatic rings. The minimum absolute atomic E-state index is 0.277. The molecule has 144 valence electrons. The van der Waals surface area contributed by atoms with Gasteiger partial charge in [0.1, 0.15) is 5.82 Å². The number of nitrogens with zero attached hydrogens (tertiary/aromatic N) is 1. The first-order valence-corrected chi connectivity index (χ1v) is 8.55. The molecule has 1 aromatic heterocycles. The third-order valence-corrected chi connectivity index (χ3v) is 4.05. The summed E-state index contributed by atoms with van der Waals surface area (Å²) >= 11 is 0. The van der Waals surface area contributed by atoms with Crippen molar-refractivity contribution in [3.05, 3.63) is 89.1 Å². The number of carbonyl (C=O) groups is 1. The van der Waals surface area contributed by atoms with Crippen molar-refractivity contribution in [3.8, 4) is 0 Å². The van der Waals surface area contributed by atoms with Crippen LogP contribution in [0.15, 0.2) is 66.9 Å². The van der Waals surface area contributed by atoms with Crippen molar-refractivity contribution in [3.63, 3.8) is 0 Å². The van der Waals surface area contributed by atoms with E-state index >= 15 is 0 Å². The zero-order chi connectivity index (χ0) is 20.1. The smallest absolute Gasteiger partial charge is 0.366 e. The Kier molecular flexibility index (Phi) is 5.63. The predicted molar refractivity (Wildman–Crippen MR) is 102 cm³/mol. The van der Waals surface area contributed by atoms with Gasteiger partial charge in [0.2, 0.25) is 0 Å². The summed E-state index contributed by atoms with van der Waals surface area (Å²) < 4.78 is 37.7. The van der Waals surface area contributed by atoms with Crippen LogP contribution in [0, 0.1) is 6.92 Å². The van der Waals surface area contributed by atoms with Crippen LogP contribution in [0.5, 0.6) is 0 Å². The fourth-order valence-corrected chi connectivity index (χ4v) is 2.59. The Morgan fingerprint density at radius 1 is 1.04 bits per heavy atom. The number of alkyl halides is 3. The van der Waals surface area contributed by atoms with Crippen molar-refractivity contribution in [1.82, 2.24) is 4.98 Å². The molecule has 0 unspecified atom stereocenters. The minimum atomic E-state index is -4.41. The van der Waals surface area contributed by atoms with Crippen LogP contribution in [-0.2, 0) is 12.7 Å². The number of hydrogen-bond acceptors (Lipinski definition) is 3. The summed E-state index contributed by atoms with van der Waals surface area (Å²) in [6.45, 7) is 2.62. The minimum Gasteiger partial charge on any atom is -0.366 e. The fraction of sp³-hybridized carbons (Fsp3) is 0.143. The first-order chi connectivity index (χ1) is 13.3. The Morgan fingerprint density at radius 2 is 1.79 bits per heavy atom. The molecule has 1 heterocycles. The second kappa shape index (κ2) is 8.12. The second-order valence-electron chi connectivity index (χ2n) is 6.30. The summed E-state index contributed by atoms with van der Waals surface area (Å²) in [7, 11) is 0. The number of rotatable bonds is 5. The largest absolute Gasteiger partial charge is 0.416 e. The number of pyridine rings is 1. The molecule has 0 spiro atoms. The third-order valence-electron chi connectivity index (χ3n) is 4.05. The average molecular weight is 385 g/mol. The maximum atomic E-state index is 12.6. The fourth-order valence-electron chi connectivity index (χ4n) is 2.59. The highest BCUT2D eigenvalue weighted by molar-refractivity contribution is 6.04. The summed E-state index contributed by atoms with van der Waals surface area (Å²) in [6.07, 6.45) is -2.99. The molecule has 3 aromatic rings. The van der Waals surface area contributed by atoms with Crippen molar-refractivity contribution in [2.45, 2.75) is 19.6 Å². The van der Waals surface area contributed by atoms with E-state index < -0.39 is 17.6 Å². The molecule has 0 radical (unpaired) electrons. The Morgan fingerprint density at radius 3 is 2.39 bits per heavy atom. The predicted octanol–water partition coefficient (Wildman–Crippen LogP) is 5.27. The number of carbonyl (C=O) groups excluding carboxylic acids is 1. The molecule has 4 nitrogen and oxygen atoms in total. The highest BCUT2D eigenvalue weighted by atomic mass is 19.4. The number of hydrogen-bond donors (Lipinski definition) is 2. The Balaban J connectivity index is 1.59. The van der Waals surface area contributed by atoms with Gasteiger partial charge in [-0.15, -0.1) is 0 Å². The van der Waals surface area contributed by atoms with Crippen molar-refractivity contribution in [2.75, 3.05) is 10.6 Å². The summed E-state index contributed by atoms with van der Waals surface area (Å²) in [5.41, 5.74) is 2.10. The number of halogens is 3. The lowest BCUT2D eigenvalue weighted by atomic mass is 10.1. The molecule has 28 heavy (non-hydrogen) atoms. The molecule has 1 amide bonds. The molecule has 2 aromatic carbocycles. The van der Waals surface area contributed by atoms with E-state index in [9.17, 15) is 18.0 Å². The maximum Gasteiger partial charge on any atom is 0.416 e. The van der Waals surface area contributed by atoms with Gasteiger partial charge in [-0.2, -0.15) is 13.2 Å². The molecule has 0 bridgehead atoms. The lowest BCUT2D eigenvalue weighted by Gasteiger charge is -2.09. The van der Waals surface area contributed by atoms with Crippen LogP contribution in [0.2, 0.25) is 0 Å². The normalized spacial score (nSPS) is 11.1. The summed E-state index contributed by atoms with van der Waals surface area (Å²) in [4.78, 5) is 16.4. The van der Waals surface area contributed by atoms with Crippen LogP contribution in [-0.4, -0.2) is 10.9 Å². The van der Waals surface area contributed by atoms with E-state index in [0.29, 0.717) is 17.9 Å². The van der Waals surface area contributed by atoms with Gasteiger partial charge in [0.25, 0.3) is 5.91 Å². The van der Waals surface area contributed by atoms with Gasteiger partial charge in [-0.05, 0) is 48.9 Å². The summed E-state index contributed by atoms with van der Waals surface area (Å²) in [6, 6.07) is 15.6. The van der Waals surface area contributed by atoms with Crippen molar-refractivity contribution < 1.29 is 18.0 Å². The molecule has 0 saturated heterocycles.